The SMILES string of the molecule is CC(C)(C)OCCC(C#N)CCl. The van der Waals surface area contributed by atoms with Gasteiger partial charge in [0.1, 0.15) is 0 Å². The molecule has 70 valence electrons. The summed E-state index contributed by atoms with van der Waals surface area (Å²) in [6.07, 6.45) is 0.720. The molecule has 3 heteroatoms. The van der Waals surface area contributed by atoms with Crippen LogP contribution in [0.1, 0.15) is 27.2 Å². The van der Waals surface area contributed by atoms with Gasteiger partial charge >= 0.3 is 0 Å². The van der Waals surface area contributed by atoms with Gasteiger partial charge in [-0.15, -0.1) is 11.6 Å². The predicted molar refractivity (Wildman–Crippen MR) is 50.1 cm³/mol. The first kappa shape index (κ1) is 11.7. The molecule has 0 fully saturated rings. The number of halogens is 1. The Balaban J connectivity index is 3.50. The number of rotatable bonds is 4. The molecule has 0 radical (unpaired) electrons. The first-order valence-corrected chi connectivity index (χ1v) is 4.62. The minimum Gasteiger partial charge on any atom is -0.376 e. The molecule has 0 saturated heterocycles. The Bertz CT molecular complexity index is 157. The standard InChI is InChI=1S/C9H16ClNO/c1-9(2,3)12-5-4-8(6-10)7-11/h8H,4-6H2,1-3H3. The zero-order valence-corrected chi connectivity index (χ0v) is 8.69. The summed E-state index contributed by atoms with van der Waals surface area (Å²) in [6.45, 7) is 6.59. The highest BCUT2D eigenvalue weighted by Crippen LogP contribution is 2.10. The fourth-order valence-corrected chi connectivity index (χ4v) is 0.907. The minimum absolute atomic E-state index is 0.0750. The van der Waals surface area contributed by atoms with Gasteiger partial charge in [0.25, 0.3) is 0 Å². The molecule has 1 unspecified atom stereocenters. The molecule has 12 heavy (non-hydrogen) atoms. The Hall–Kier alpha value is -0.260. The van der Waals surface area contributed by atoms with Crippen LogP contribution in [0.3, 0.4) is 0 Å². The smallest absolute Gasteiger partial charge is 0.0669 e. The highest BCUT2D eigenvalue weighted by molar-refractivity contribution is 6.18. The van der Waals surface area contributed by atoms with Crippen LogP contribution >= 0.6 is 11.6 Å². The molecule has 0 aliphatic carbocycles. The molecule has 0 amide bonds. The summed E-state index contributed by atoms with van der Waals surface area (Å²) in [5, 5.41) is 8.57. The van der Waals surface area contributed by atoms with Gasteiger partial charge in [-0.05, 0) is 27.2 Å². The molecule has 0 aromatic carbocycles. The maximum absolute atomic E-state index is 8.57. The fourth-order valence-electron chi connectivity index (χ4n) is 0.684. The molecule has 2 nitrogen and oxygen atoms in total. The first-order chi connectivity index (χ1) is 5.49. The molecule has 0 N–H and O–H groups in total. The summed E-state index contributed by atoms with van der Waals surface area (Å²) < 4.78 is 5.45. The molecular weight excluding hydrogens is 174 g/mol. The zero-order valence-electron chi connectivity index (χ0n) is 7.93. The van der Waals surface area contributed by atoms with Crippen molar-refractivity contribution in [3.63, 3.8) is 0 Å². The molecule has 0 bridgehead atoms. The number of nitrogens with zero attached hydrogens (tertiary/aromatic N) is 1. The normalized spacial score (nSPS) is 13.9. The summed E-state index contributed by atoms with van der Waals surface area (Å²) >= 11 is 5.54. The van der Waals surface area contributed by atoms with E-state index in [-0.39, 0.29) is 11.5 Å². The molecule has 0 heterocycles. The van der Waals surface area contributed by atoms with Crippen molar-refractivity contribution in [3.05, 3.63) is 0 Å². The van der Waals surface area contributed by atoms with Crippen LogP contribution in [0.5, 0.6) is 0 Å². The van der Waals surface area contributed by atoms with Crippen molar-refractivity contribution in [3.8, 4) is 6.07 Å². The van der Waals surface area contributed by atoms with Crippen LogP contribution in [0.4, 0.5) is 0 Å². The van der Waals surface area contributed by atoms with Crippen molar-refractivity contribution in [1.29, 1.82) is 5.26 Å². The Morgan fingerprint density at radius 3 is 2.42 bits per heavy atom. The topological polar surface area (TPSA) is 33.0 Å². The number of hydrogen-bond acceptors (Lipinski definition) is 2. The zero-order chi connectivity index (χ0) is 9.61. The van der Waals surface area contributed by atoms with Crippen LogP contribution in [0.2, 0.25) is 0 Å². The molecule has 0 rings (SSSR count). The van der Waals surface area contributed by atoms with E-state index in [4.69, 9.17) is 21.6 Å². The summed E-state index contributed by atoms with van der Waals surface area (Å²) in [6, 6.07) is 2.13. The maximum atomic E-state index is 8.57. The van der Waals surface area contributed by atoms with Gasteiger partial charge in [-0.2, -0.15) is 5.26 Å². The summed E-state index contributed by atoms with van der Waals surface area (Å²) in [7, 11) is 0. The number of ether oxygens (including phenoxy) is 1. The molecule has 0 aliphatic rings. The van der Waals surface area contributed by atoms with Crippen molar-refractivity contribution in [2.24, 2.45) is 5.92 Å². The van der Waals surface area contributed by atoms with Crippen molar-refractivity contribution < 1.29 is 4.74 Å². The third kappa shape index (κ3) is 6.45. The van der Waals surface area contributed by atoms with Crippen LogP contribution in [0, 0.1) is 17.2 Å². The van der Waals surface area contributed by atoms with Gasteiger partial charge in [0.15, 0.2) is 0 Å². The van der Waals surface area contributed by atoms with E-state index < -0.39 is 0 Å². The largest absolute Gasteiger partial charge is 0.376 e. The Labute approximate surface area is 79.5 Å². The third-order valence-corrected chi connectivity index (χ3v) is 1.74. The van der Waals surface area contributed by atoms with Gasteiger partial charge in [-0.3, -0.25) is 0 Å². The molecule has 0 aromatic rings. The molecule has 0 aliphatic heterocycles. The van der Waals surface area contributed by atoms with Gasteiger partial charge in [0.2, 0.25) is 0 Å². The lowest BCUT2D eigenvalue weighted by Crippen LogP contribution is -2.21. The lowest BCUT2D eigenvalue weighted by atomic mass is 10.1. The average Bonchev–Trinajstić information content (AvgIpc) is 1.96. The molecular formula is C9H16ClNO. The predicted octanol–water partition coefficient (Wildman–Crippen LogP) is 2.57. The maximum Gasteiger partial charge on any atom is 0.0669 e. The molecule has 1 atom stereocenters. The van der Waals surface area contributed by atoms with Crippen LogP contribution in [-0.2, 0) is 4.74 Å². The minimum atomic E-state index is -0.119. The monoisotopic (exact) mass is 189 g/mol. The number of alkyl halides is 1. The van der Waals surface area contributed by atoms with Crippen LogP contribution < -0.4 is 0 Å². The molecule has 0 spiro atoms. The second-order valence-corrected chi connectivity index (χ2v) is 4.04. The quantitative estimate of drug-likeness (QED) is 0.637. The first-order valence-electron chi connectivity index (χ1n) is 4.09. The van der Waals surface area contributed by atoms with E-state index in [1.807, 2.05) is 20.8 Å². The second-order valence-electron chi connectivity index (χ2n) is 3.73. The van der Waals surface area contributed by atoms with E-state index in [0.717, 1.165) is 6.42 Å². The van der Waals surface area contributed by atoms with Crippen molar-refractivity contribution in [2.75, 3.05) is 12.5 Å². The number of nitriles is 1. The Kier molecular flexibility index (Phi) is 5.28. The lowest BCUT2D eigenvalue weighted by molar-refractivity contribution is -0.00643. The highest BCUT2D eigenvalue weighted by Gasteiger charge is 2.11. The van der Waals surface area contributed by atoms with E-state index >= 15 is 0 Å². The Morgan fingerprint density at radius 2 is 2.08 bits per heavy atom. The van der Waals surface area contributed by atoms with Crippen LogP contribution in [0.15, 0.2) is 0 Å². The summed E-state index contributed by atoms with van der Waals surface area (Å²) in [5.74, 6) is 0.318. The van der Waals surface area contributed by atoms with Crippen molar-refractivity contribution in [2.45, 2.75) is 32.8 Å². The van der Waals surface area contributed by atoms with Crippen molar-refractivity contribution >= 4 is 11.6 Å². The van der Waals surface area contributed by atoms with E-state index in [2.05, 4.69) is 6.07 Å². The van der Waals surface area contributed by atoms with Gasteiger partial charge in [0, 0.05) is 12.5 Å². The van der Waals surface area contributed by atoms with E-state index in [0.29, 0.717) is 12.5 Å². The van der Waals surface area contributed by atoms with E-state index in [1.165, 1.54) is 0 Å². The highest BCUT2D eigenvalue weighted by atomic mass is 35.5. The van der Waals surface area contributed by atoms with Gasteiger partial charge in [0.05, 0.1) is 17.6 Å². The van der Waals surface area contributed by atoms with Crippen LogP contribution in [-0.4, -0.2) is 18.1 Å². The van der Waals surface area contributed by atoms with Crippen LogP contribution in [0.25, 0.3) is 0 Å². The Morgan fingerprint density at radius 1 is 1.50 bits per heavy atom. The van der Waals surface area contributed by atoms with Crippen molar-refractivity contribution in [1.82, 2.24) is 0 Å². The lowest BCUT2D eigenvalue weighted by Gasteiger charge is -2.19. The van der Waals surface area contributed by atoms with E-state index in [9.17, 15) is 0 Å². The number of hydrogen-bond donors (Lipinski definition) is 0. The fraction of sp³-hybridized carbons (Fsp3) is 0.889. The average molecular weight is 190 g/mol. The van der Waals surface area contributed by atoms with E-state index in [1.54, 1.807) is 0 Å². The second kappa shape index (κ2) is 5.40. The summed E-state index contributed by atoms with van der Waals surface area (Å²) in [5.41, 5.74) is -0.119. The summed E-state index contributed by atoms with van der Waals surface area (Å²) in [4.78, 5) is 0. The molecule has 0 aromatic heterocycles. The van der Waals surface area contributed by atoms with Gasteiger partial charge in [-0.1, -0.05) is 0 Å². The third-order valence-electron chi connectivity index (χ3n) is 1.37. The van der Waals surface area contributed by atoms with Gasteiger partial charge in [-0.25, -0.2) is 0 Å². The van der Waals surface area contributed by atoms with Gasteiger partial charge < -0.3 is 4.74 Å². The molecule has 0 saturated carbocycles.